The third-order valence-electron chi connectivity index (χ3n) is 17.2. The first-order chi connectivity index (χ1) is 25.5. The van der Waals surface area contributed by atoms with Crippen molar-refractivity contribution in [2.24, 2.45) is 50.7 Å². The summed E-state index contributed by atoms with van der Waals surface area (Å²) in [7, 11) is 0. The van der Waals surface area contributed by atoms with E-state index < -0.39 is 114 Å². The Morgan fingerprint density at radius 1 is 0.836 bits per heavy atom. The summed E-state index contributed by atoms with van der Waals surface area (Å²) in [6, 6.07) is 0. The molecule has 0 spiro atoms. The molecule has 9 N–H and O–H groups in total. The Balaban J connectivity index is 1.24. The average molecular weight is 783 g/mol. The van der Waals surface area contributed by atoms with Crippen molar-refractivity contribution in [2.45, 2.75) is 173 Å². The number of hydrogen-bond acceptors (Lipinski definition) is 14. The smallest absolute Gasteiger partial charge is 0.315 e. The Bertz CT molecular complexity index is 1500. The number of fused-ring (bicyclic) bond motifs is 7. The lowest BCUT2D eigenvalue weighted by molar-refractivity contribution is -0.353. The van der Waals surface area contributed by atoms with E-state index in [0.29, 0.717) is 38.5 Å². The summed E-state index contributed by atoms with van der Waals surface area (Å²) in [5.74, 6) is -1.13. The molecule has 55 heavy (non-hydrogen) atoms. The summed E-state index contributed by atoms with van der Waals surface area (Å²) in [5.41, 5.74) is -2.95. The molecule has 2 aliphatic heterocycles. The standard InChI is InChI=1S/C41H66O14/c1-19-10-13-41(35(50)55-34-30(28(47)27(46)23(17-42)53-34)54-33-29(48)26(45)22(44)18-52-33)15-14-38(5)20(31(41)40(19,7)51)8-9-25-37(4)16-21(43)32(49)36(2,3)24(37)11-12-39(25,38)6/h8,19,21-34,42-49,51H,9-18H2,1-7H3/t19-,21-,22+,23-,24+,25-,26+,27-,28+,29-,30-,31-,32+,33+,34+,37+,38-,39-,40-,41+/m1/s1. The van der Waals surface area contributed by atoms with Gasteiger partial charge in [0.2, 0.25) is 6.29 Å². The molecule has 7 rings (SSSR count). The second-order valence-electron chi connectivity index (χ2n) is 20.0. The lowest BCUT2D eigenvalue weighted by Crippen LogP contribution is -2.69. The molecule has 0 unspecified atom stereocenters. The van der Waals surface area contributed by atoms with E-state index in [1.165, 1.54) is 0 Å². The zero-order valence-electron chi connectivity index (χ0n) is 33.4. The van der Waals surface area contributed by atoms with Crippen LogP contribution in [0.25, 0.3) is 0 Å². The number of esters is 1. The number of carbonyl (C=O) groups excluding carboxylic acids is 1. The summed E-state index contributed by atoms with van der Waals surface area (Å²) >= 11 is 0. The van der Waals surface area contributed by atoms with Crippen molar-refractivity contribution < 1.29 is 69.7 Å². The van der Waals surface area contributed by atoms with E-state index in [1.807, 2.05) is 6.92 Å². The second-order valence-corrected chi connectivity index (χ2v) is 20.0. The number of hydrogen-bond donors (Lipinski definition) is 9. The van der Waals surface area contributed by atoms with Crippen LogP contribution >= 0.6 is 0 Å². The van der Waals surface area contributed by atoms with Crippen molar-refractivity contribution >= 4 is 5.97 Å². The molecule has 0 amide bonds. The van der Waals surface area contributed by atoms with E-state index >= 15 is 4.79 Å². The molecule has 7 aliphatic rings. The number of allylic oxidation sites excluding steroid dienone is 1. The van der Waals surface area contributed by atoms with Crippen LogP contribution < -0.4 is 0 Å². The highest BCUT2D eigenvalue weighted by molar-refractivity contribution is 5.79. The van der Waals surface area contributed by atoms with Crippen LogP contribution in [0.5, 0.6) is 0 Å². The molecule has 20 atom stereocenters. The van der Waals surface area contributed by atoms with Crippen LogP contribution in [-0.4, -0.2) is 138 Å². The van der Waals surface area contributed by atoms with Gasteiger partial charge in [-0.1, -0.05) is 53.2 Å². The van der Waals surface area contributed by atoms with Crippen molar-refractivity contribution in [3.05, 3.63) is 11.6 Å². The molecule has 2 saturated heterocycles. The van der Waals surface area contributed by atoms with Gasteiger partial charge in [0.15, 0.2) is 12.4 Å². The highest BCUT2D eigenvalue weighted by Crippen LogP contribution is 2.76. The maximum absolute atomic E-state index is 15.0. The number of carbonyl (C=O) groups is 1. The summed E-state index contributed by atoms with van der Waals surface area (Å²) in [4.78, 5) is 15.0. The highest BCUT2D eigenvalue weighted by Gasteiger charge is 2.72. The van der Waals surface area contributed by atoms with Crippen LogP contribution in [-0.2, 0) is 23.7 Å². The van der Waals surface area contributed by atoms with Gasteiger partial charge in [0.25, 0.3) is 0 Å². The van der Waals surface area contributed by atoms with Gasteiger partial charge in [-0.3, -0.25) is 4.79 Å². The van der Waals surface area contributed by atoms with E-state index in [2.05, 4.69) is 40.7 Å². The Morgan fingerprint density at radius 3 is 2.20 bits per heavy atom. The summed E-state index contributed by atoms with van der Waals surface area (Å²) in [6.45, 7) is 13.7. The Hall–Kier alpha value is -1.27. The molecule has 14 heteroatoms. The fourth-order valence-electron chi connectivity index (χ4n) is 13.5. The first-order valence-corrected chi connectivity index (χ1v) is 20.5. The Labute approximate surface area is 323 Å². The predicted molar refractivity (Wildman–Crippen MR) is 194 cm³/mol. The van der Waals surface area contributed by atoms with Crippen LogP contribution in [0.15, 0.2) is 11.6 Å². The predicted octanol–water partition coefficient (Wildman–Crippen LogP) is 0.897. The monoisotopic (exact) mass is 782 g/mol. The first-order valence-electron chi connectivity index (χ1n) is 20.5. The molecule has 5 aliphatic carbocycles. The third-order valence-corrected chi connectivity index (χ3v) is 17.2. The van der Waals surface area contributed by atoms with Crippen LogP contribution in [0, 0.1) is 50.7 Å². The van der Waals surface area contributed by atoms with Crippen LogP contribution in [0.1, 0.15) is 99.8 Å². The molecule has 0 radical (unpaired) electrons. The summed E-state index contributed by atoms with van der Waals surface area (Å²) < 4.78 is 23.3. The Morgan fingerprint density at radius 2 is 1.53 bits per heavy atom. The molecule has 0 bridgehead atoms. The molecular formula is C41H66O14. The first kappa shape index (κ1) is 41.9. The molecule has 2 heterocycles. The van der Waals surface area contributed by atoms with Gasteiger partial charge in [-0.2, -0.15) is 0 Å². The molecule has 0 aromatic rings. The van der Waals surface area contributed by atoms with Gasteiger partial charge in [0.05, 0.1) is 36.4 Å². The van der Waals surface area contributed by atoms with Gasteiger partial charge in [0.1, 0.15) is 36.6 Å². The zero-order chi connectivity index (χ0) is 40.4. The third kappa shape index (κ3) is 5.89. The van der Waals surface area contributed by atoms with Crippen LogP contribution in [0.3, 0.4) is 0 Å². The van der Waals surface area contributed by atoms with E-state index in [9.17, 15) is 46.0 Å². The molecular weight excluding hydrogens is 716 g/mol. The van der Waals surface area contributed by atoms with Crippen molar-refractivity contribution in [3.63, 3.8) is 0 Å². The fourth-order valence-corrected chi connectivity index (χ4v) is 13.5. The van der Waals surface area contributed by atoms with Gasteiger partial charge >= 0.3 is 5.97 Å². The molecule has 4 saturated carbocycles. The maximum Gasteiger partial charge on any atom is 0.315 e. The normalized spacial score (nSPS) is 56.2. The molecule has 314 valence electrons. The minimum atomic E-state index is -1.78. The number of ether oxygens (including phenoxy) is 4. The van der Waals surface area contributed by atoms with Crippen molar-refractivity contribution in [2.75, 3.05) is 13.2 Å². The average Bonchev–Trinajstić information content (AvgIpc) is 3.12. The SMILES string of the molecule is C[C@@H]1CC[C@]2(C(=O)O[C@@H]3O[C@H](CO)[C@@H](O)[C@H](O)[C@H]3O[C@@H]3OC[C@H](O)[C@H](O)[C@H]3O)CC[C@]3(C)C(=CC[C@@H]4[C@@]5(C)C[C@@H](O)[C@H](O)C(C)(C)[C@@H]5CC[C@]43C)[C@@H]2[C@]1(C)O. The number of rotatable bonds is 5. The molecule has 0 aromatic heterocycles. The van der Waals surface area contributed by atoms with E-state index in [4.69, 9.17) is 18.9 Å². The summed E-state index contributed by atoms with van der Waals surface area (Å²) in [6.07, 6.45) is -9.01. The van der Waals surface area contributed by atoms with Gasteiger partial charge < -0.3 is 64.9 Å². The molecule has 6 fully saturated rings. The van der Waals surface area contributed by atoms with Crippen molar-refractivity contribution in [1.29, 1.82) is 0 Å². The van der Waals surface area contributed by atoms with Gasteiger partial charge in [-0.15, -0.1) is 0 Å². The lowest BCUT2D eigenvalue weighted by atomic mass is 9.33. The summed E-state index contributed by atoms with van der Waals surface area (Å²) in [5, 5.41) is 97.8. The minimum Gasteiger partial charge on any atom is -0.432 e. The number of aliphatic hydroxyl groups excluding tert-OH is 8. The minimum absolute atomic E-state index is 0.166. The maximum atomic E-state index is 15.0. The highest BCUT2D eigenvalue weighted by atomic mass is 16.8. The van der Waals surface area contributed by atoms with E-state index in [-0.39, 0.29) is 28.6 Å². The van der Waals surface area contributed by atoms with E-state index in [0.717, 1.165) is 18.4 Å². The topological polar surface area (TPSA) is 236 Å². The number of aliphatic hydroxyl groups is 9. The lowest BCUT2D eigenvalue weighted by Gasteiger charge is -2.72. The van der Waals surface area contributed by atoms with Crippen LogP contribution in [0.2, 0.25) is 0 Å². The largest absolute Gasteiger partial charge is 0.432 e. The Kier molecular flexibility index (Phi) is 10.6. The van der Waals surface area contributed by atoms with E-state index in [1.54, 1.807) is 6.92 Å². The second kappa shape index (κ2) is 13.9. The molecule has 14 nitrogen and oxygen atoms in total. The van der Waals surface area contributed by atoms with Gasteiger partial charge in [0, 0.05) is 5.92 Å². The fraction of sp³-hybridized carbons (Fsp3) is 0.927. The van der Waals surface area contributed by atoms with Crippen molar-refractivity contribution in [3.8, 4) is 0 Å². The van der Waals surface area contributed by atoms with Gasteiger partial charge in [-0.25, -0.2) is 0 Å². The van der Waals surface area contributed by atoms with Crippen molar-refractivity contribution in [1.82, 2.24) is 0 Å². The molecule has 0 aromatic carbocycles. The zero-order valence-corrected chi connectivity index (χ0v) is 33.4. The van der Waals surface area contributed by atoms with Crippen LogP contribution in [0.4, 0.5) is 0 Å². The quantitative estimate of drug-likeness (QED) is 0.139. The van der Waals surface area contributed by atoms with Gasteiger partial charge in [-0.05, 0) is 97.7 Å².